The molecule has 0 radical (unpaired) electrons. The first-order valence-corrected chi connectivity index (χ1v) is 11.2. The third kappa shape index (κ3) is 3.06. The number of aromatic amines is 2. The summed E-state index contributed by atoms with van der Waals surface area (Å²) in [6, 6.07) is 17.0. The molecule has 0 bridgehead atoms. The molecule has 156 valence electrons. The minimum atomic E-state index is 0.762. The van der Waals surface area contributed by atoms with Crippen LogP contribution in [0.3, 0.4) is 0 Å². The van der Waals surface area contributed by atoms with Gasteiger partial charge in [0.2, 0.25) is 0 Å². The monoisotopic (exact) mass is 436 g/mol. The normalized spacial score (nSPS) is 11.4. The number of hydrogen-bond acceptors (Lipinski definition) is 5. The van der Waals surface area contributed by atoms with Crippen LogP contribution in [0.15, 0.2) is 72.5 Å². The molecule has 0 unspecified atom stereocenters. The lowest BCUT2D eigenvalue weighted by Crippen LogP contribution is -2.08. The predicted molar refractivity (Wildman–Crippen MR) is 132 cm³/mol. The first-order chi connectivity index (χ1) is 15.7. The molecule has 0 spiro atoms. The van der Waals surface area contributed by atoms with Gasteiger partial charge in [0.05, 0.1) is 17.6 Å². The summed E-state index contributed by atoms with van der Waals surface area (Å²) in [4.78, 5) is 15.9. The zero-order chi connectivity index (χ0) is 21.7. The van der Waals surface area contributed by atoms with E-state index in [2.05, 4.69) is 79.1 Å². The molecule has 0 fully saturated rings. The van der Waals surface area contributed by atoms with E-state index in [1.807, 2.05) is 37.6 Å². The van der Waals surface area contributed by atoms with Crippen molar-refractivity contribution >= 4 is 39.0 Å². The molecule has 0 atom stereocenters. The van der Waals surface area contributed by atoms with Gasteiger partial charge in [-0.1, -0.05) is 18.2 Å². The maximum atomic E-state index is 4.62. The summed E-state index contributed by atoms with van der Waals surface area (Å²) in [6.07, 6.45) is 5.58. The second-order valence-corrected chi connectivity index (χ2v) is 8.89. The zero-order valence-corrected chi connectivity index (χ0v) is 18.4. The van der Waals surface area contributed by atoms with E-state index in [-0.39, 0.29) is 0 Å². The Morgan fingerprint density at radius 1 is 0.906 bits per heavy atom. The van der Waals surface area contributed by atoms with E-state index < -0.39 is 0 Å². The predicted octanol–water partition coefficient (Wildman–Crippen LogP) is 5.96. The van der Waals surface area contributed by atoms with Crippen LogP contribution in [0.1, 0.15) is 0 Å². The molecular weight excluding hydrogens is 416 g/mol. The average molecular weight is 437 g/mol. The molecule has 0 aliphatic carbocycles. The van der Waals surface area contributed by atoms with Gasteiger partial charge < -0.3 is 9.88 Å². The minimum absolute atomic E-state index is 0.762. The molecule has 32 heavy (non-hydrogen) atoms. The molecule has 1 aromatic carbocycles. The lowest BCUT2D eigenvalue weighted by molar-refractivity contribution is 1.10. The molecule has 6 aromatic rings. The lowest BCUT2D eigenvalue weighted by atomic mass is 10.1. The Hall–Kier alpha value is -3.97. The van der Waals surface area contributed by atoms with Crippen molar-refractivity contribution in [3.05, 3.63) is 72.5 Å². The van der Waals surface area contributed by atoms with Gasteiger partial charge in [0.15, 0.2) is 5.65 Å². The van der Waals surface area contributed by atoms with Crippen molar-refractivity contribution in [2.45, 2.75) is 0 Å². The van der Waals surface area contributed by atoms with Gasteiger partial charge in [-0.3, -0.25) is 10.1 Å². The summed E-state index contributed by atoms with van der Waals surface area (Å²) in [5.74, 6) is 0. The fourth-order valence-electron chi connectivity index (χ4n) is 4.03. The molecular formula is C25H20N6S. The number of benzene rings is 1. The molecule has 0 amide bonds. The van der Waals surface area contributed by atoms with E-state index in [4.69, 9.17) is 0 Å². The van der Waals surface area contributed by atoms with Crippen LogP contribution < -0.4 is 4.90 Å². The number of rotatable bonds is 4. The van der Waals surface area contributed by atoms with Gasteiger partial charge in [-0.25, -0.2) is 4.98 Å². The summed E-state index contributed by atoms with van der Waals surface area (Å²) in [6.45, 7) is 0. The van der Waals surface area contributed by atoms with Crippen LogP contribution in [-0.4, -0.2) is 39.2 Å². The van der Waals surface area contributed by atoms with Gasteiger partial charge in [0, 0.05) is 64.3 Å². The molecule has 0 aliphatic rings. The van der Waals surface area contributed by atoms with E-state index in [0.717, 1.165) is 44.8 Å². The van der Waals surface area contributed by atoms with Crippen LogP contribution in [-0.2, 0) is 0 Å². The number of thiophene rings is 1. The molecule has 0 aliphatic heterocycles. The highest BCUT2D eigenvalue weighted by molar-refractivity contribution is 7.13. The molecule has 0 saturated heterocycles. The number of H-pyrrole nitrogens is 2. The number of pyridine rings is 2. The second kappa shape index (κ2) is 7.32. The molecule has 6 rings (SSSR count). The van der Waals surface area contributed by atoms with E-state index in [9.17, 15) is 0 Å². The summed E-state index contributed by atoms with van der Waals surface area (Å²) < 4.78 is 0. The molecule has 2 N–H and O–H groups in total. The fourth-order valence-corrected chi connectivity index (χ4v) is 4.79. The van der Waals surface area contributed by atoms with Crippen LogP contribution in [0.2, 0.25) is 0 Å². The van der Waals surface area contributed by atoms with E-state index in [0.29, 0.717) is 0 Å². The number of fused-ring (bicyclic) bond motifs is 2. The van der Waals surface area contributed by atoms with Gasteiger partial charge in [-0.15, -0.1) is 11.3 Å². The highest BCUT2D eigenvalue weighted by Crippen LogP contribution is 2.36. The molecule has 6 nitrogen and oxygen atoms in total. The Morgan fingerprint density at radius 2 is 1.81 bits per heavy atom. The topological polar surface area (TPSA) is 73.5 Å². The first-order valence-electron chi connectivity index (χ1n) is 10.3. The van der Waals surface area contributed by atoms with E-state index in [1.54, 1.807) is 11.3 Å². The zero-order valence-electron chi connectivity index (χ0n) is 17.6. The third-order valence-corrected chi connectivity index (χ3v) is 6.60. The van der Waals surface area contributed by atoms with E-state index in [1.165, 1.54) is 15.8 Å². The maximum Gasteiger partial charge on any atom is 0.155 e. The minimum Gasteiger partial charge on any atom is -0.376 e. The van der Waals surface area contributed by atoms with Crippen molar-refractivity contribution < 1.29 is 0 Å². The van der Waals surface area contributed by atoms with Crippen molar-refractivity contribution in [1.29, 1.82) is 0 Å². The van der Waals surface area contributed by atoms with Crippen LogP contribution in [0.25, 0.3) is 54.9 Å². The number of aromatic nitrogens is 5. The van der Waals surface area contributed by atoms with Crippen molar-refractivity contribution in [1.82, 2.24) is 25.1 Å². The van der Waals surface area contributed by atoms with Crippen LogP contribution in [0, 0.1) is 0 Å². The van der Waals surface area contributed by atoms with E-state index >= 15 is 0 Å². The highest BCUT2D eigenvalue weighted by Gasteiger charge is 2.15. The third-order valence-electron chi connectivity index (χ3n) is 5.70. The van der Waals surface area contributed by atoms with Gasteiger partial charge in [-0.05, 0) is 35.7 Å². The lowest BCUT2D eigenvalue weighted by Gasteiger charge is -2.12. The first kappa shape index (κ1) is 18.8. The standard InChI is InChI=1S/C25H20N6S/c1-31(2)17-9-15(12-26-14-17)16-10-20-24(29-30-25(20)27-13-16)22-11-19-18(23-7-4-8-32-23)5-3-6-21(19)28-22/h3-14,28H,1-2H3,(H,27,29,30). The number of hydrogen-bond donors (Lipinski definition) is 2. The summed E-state index contributed by atoms with van der Waals surface area (Å²) in [7, 11) is 4.02. The van der Waals surface area contributed by atoms with Crippen molar-refractivity contribution in [3.63, 3.8) is 0 Å². The Morgan fingerprint density at radius 3 is 2.66 bits per heavy atom. The Kier molecular flexibility index (Phi) is 4.29. The van der Waals surface area contributed by atoms with Gasteiger partial charge in [-0.2, -0.15) is 5.10 Å². The van der Waals surface area contributed by atoms with Gasteiger partial charge in [0.1, 0.15) is 5.69 Å². The van der Waals surface area contributed by atoms with Gasteiger partial charge in [0.25, 0.3) is 0 Å². The fraction of sp³-hybridized carbons (Fsp3) is 0.0800. The van der Waals surface area contributed by atoms with Crippen LogP contribution in [0.4, 0.5) is 5.69 Å². The van der Waals surface area contributed by atoms with Gasteiger partial charge >= 0.3 is 0 Å². The number of nitrogens with one attached hydrogen (secondary N) is 2. The van der Waals surface area contributed by atoms with Crippen LogP contribution >= 0.6 is 11.3 Å². The highest BCUT2D eigenvalue weighted by atomic mass is 32.1. The molecule has 0 saturated carbocycles. The van der Waals surface area contributed by atoms with Crippen molar-refractivity contribution in [2.75, 3.05) is 19.0 Å². The summed E-state index contributed by atoms with van der Waals surface area (Å²) >= 11 is 1.75. The van der Waals surface area contributed by atoms with Crippen molar-refractivity contribution in [3.8, 4) is 33.0 Å². The maximum absolute atomic E-state index is 4.62. The smallest absolute Gasteiger partial charge is 0.155 e. The number of anilines is 1. The Bertz CT molecular complexity index is 1560. The number of nitrogens with zero attached hydrogens (tertiary/aromatic N) is 4. The quantitative estimate of drug-likeness (QED) is 0.357. The van der Waals surface area contributed by atoms with Crippen LogP contribution in [0.5, 0.6) is 0 Å². The second-order valence-electron chi connectivity index (χ2n) is 7.95. The molecule has 7 heteroatoms. The van der Waals surface area contributed by atoms with Crippen molar-refractivity contribution in [2.24, 2.45) is 0 Å². The average Bonchev–Trinajstić information content (AvgIpc) is 3.57. The largest absolute Gasteiger partial charge is 0.376 e. The Balaban J connectivity index is 1.49. The Labute approximate surface area is 188 Å². The molecule has 5 heterocycles. The molecule has 5 aromatic heterocycles. The SMILES string of the molecule is CN(C)c1cncc(-c2cnc3[nH]nc(-c4cc5c(-c6cccs6)cccc5[nH]4)c3c2)c1. The summed E-state index contributed by atoms with van der Waals surface area (Å²) in [5, 5.41) is 11.9. The summed E-state index contributed by atoms with van der Waals surface area (Å²) in [5.41, 5.74) is 7.98.